The molecular weight excluding hydrogens is 1130 g/mol. The van der Waals surface area contributed by atoms with E-state index in [1.165, 1.54) is 213 Å². The second-order valence-electron chi connectivity index (χ2n) is 21.4. The molecule has 0 bridgehead atoms. The predicted octanol–water partition coefficient (Wildman–Crippen LogP) is 15.2. The molecule has 0 saturated carbocycles. The second-order valence-corrected chi connectivity index (χ2v) is 40.2. The summed E-state index contributed by atoms with van der Waals surface area (Å²) in [4.78, 5) is 0. The quantitative estimate of drug-likeness (QED) is 0.0514. The molecule has 0 amide bonds. The van der Waals surface area contributed by atoms with Crippen molar-refractivity contribution in [2.45, 2.75) is 212 Å². The third-order valence-electron chi connectivity index (χ3n) is 13.6. The minimum Gasteiger partial charge on any atom is -1.00 e. The Kier molecular flexibility index (Phi) is 35.8. The maximum absolute atomic E-state index is 2.34. The number of benzene rings is 4. The van der Waals surface area contributed by atoms with Crippen LogP contribution in [-0.2, 0) is 72.4 Å². The van der Waals surface area contributed by atoms with Crippen molar-refractivity contribution in [1.29, 1.82) is 0 Å². The van der Waals surface area contributed by atoms with Gasteiger partial charge in [-0.05, 0) is 25.7 Å². The summed E-state index contributed by atoms with van der Waals surface area (Å²) in [6.45, 7) is 35.9. The van der Waals surface area contributed by atoms with Crippen LogP contribution in [0, 0.1) is 55.4 Å². The molecule has 0 aliphatic rings. The van der Waals surface area contributed by atoms with E-state index in [1.807, 2.05) is 0 Å². The van der Waals surface area contributed by atoms with Gasteiger partial charge in [-0.1, -0.05) is 207 Å². The predicted molar refractivity (Wildman–Crippen MR) is 324 cm³/mol. The number of fused-ring (bicyclic) bond motifs is 4. The van der Waals surface area contributed by atoms with E-state index in [2.05, 4.69) is 206 Å². The van der Waals surface area contributed by atoms with E-state index in [0.717, 1.165) is 0 Å². The Hall–Kier alpha value is -1.90. The number of hydrogen-bond acceptors (Lipinski definition) is 0. The fourth-order valence-electron chi connectivity index (χ4n) is 9.73. The summed E-state index contributed by atoms with van der Waals surface area (Å²) in [5.41, 5.74) is 17.7. The van der Waals surface area contributed by atoms with E-state index in [1.54, 1.807) is 46.7 Å². The molecule has 0 aliphatic carbocycles. The van der Waals surface area contributed by atoms with Gasteiger partial charge in [0, 0.05) is 0 Å². The molecule has 0 radical (unpaired) electrons. The van der Waals surface area contributed by atoms with Crippen molar-refractivity contribution in [3.8, 4) is 0 Å². The van der Waals surface area contributed by atoms with Gasteiger partial charge in [-0.2, -0.15) is 24.3 Å². The molecule has 0 spiro atoms. The van der Waals surface area contributed by atoms with Gasteiger partial charge in [0.1, 0.15) is 0 Å². The normalized spacial score (nSPS) is 10.4. The zero-order chi connectivity index (χ0) is 53.3. The molecule has 0 atom stereocenters. The van der Waals surface area contributed by atoms with Gasteiger partial charge in [0.05, 0.1) is 0 Å². The molecule has 0 unspecified atom stereocenters. The topological polar surface area (TPSA) is 0 Å². The van der Waals surface area contributed by atoms with Crippen molar-refractivity contribution in [3.63, 3.8) is 0 Å². The van der Waals surface area contributed by atoms with Crippen LogP contribution in [0.2, 0.25) is 26.2 Å². The first-order valence-corrected chi connectivity index (χ1v) is 40.4. The van der Waals surface area contributed by atoms with Crippen LogP contribution < -0.4 is 24.8 Å². The van der Waals surface area contributed by atoms with Crippen molar-refractivity contribution in [1.82, 2.24) is 0 Å². The van der Waals surface area contributed by atoms with Crippen molar-refractivity contribution >= 4 is 54.0 Å². The van der Waals surface area contributed by atoms with Crippen LogP contribution >= 0.6 is 0 Å². The largest absolute Gasteiger partial charge is 1.00 e. The zero-order valence-corrected chi connectivity index (χ0v) is 57.7. The minimum atomic E-state index is 0. The van der Waals surface area contributed by atoms with Crippen molar-refractivity contribution in [2.75, 3.05) is 0 Å². The number of hydrogen-bond donors (Lipinski definition) is 0. The van der Waals surface area contributed by atoms with Gasteiger partial charge < -0.3 is 24.8 Å². The molecule has 0 nitrogen and oxygen atoms in total. The molecule has 8 rings (SSSR count). The number of halogens is 2. The molecule has 0 fully saturated rings. The van der Waals surface area contributed by atoms with Crippen LogP contribution in [0.1, 0.15) is 172 Å². The van der Waals surface area contributed by atoms with E-state index in [0.29, 0.717) is 0 Å². The fraction of sp³-hybridized carbons (Fsp3) is 0.471. The molecule has 400 valence electrons. The molecule has 0 aromatic heterocycles. The summed E-state index contributed by atoms with van der Waals surface area (Å²) in [5.74, 6) is 0. The molecule has 8 aromatic carbocycles. The van der Waals surface area contributed by atoms with E-state index < -0.39 is 0 Å². The van der Waals surface area contributed by atoms with Crippen molar-refractivity contribution < 1.29 is 71.5 Å². The van der Waals surface area contributed by atoms with E-state index in [4.69, 9.17) is 0 Å². The maximum Gasteiger partial charge on any atom is -1.00 e. The molecular formula is C68H96Cl2Si2Zr2-2. The summed E-state index contributed by atoms with van der Waals surface area (Å²) in [6, 6.07) is 36.9. The molecule has 0 aliphatic heterocycles. The first-order chi connectivity index (χ1) is 34.3. The molecule has 0 heterocycles. The Morgan fingerprint density at radius 3 is 0.662 bits per heavy atom. The van der Waals surface area contributed by atoms with E-state index in [9.17, 15) is 0 Å². The Morgan fingerprint density at radius 2 is 0.500 bits per heavy atom. The molecule has 74 heavy (non-hydrogen) atoms. The SMILES string of the molecule is CCCCCc1ccc(C)c2[cH-]c(C)cc12.CCCCCc1ccc(C)c2[cH-]c(C)cc12.CCCCCc1ccc(C)c2[cH-]c(C)cc12.CCCCCc1ccc(C)c2[cH-]c(C)cc12.C[Si](C)=[Zr+2].C[Si](C)=[Zr+2].[Cl-].[Cl-]. The van der Waals surface area contributed by atoms with Crippen molar-refractivity contribution in [2.24, 2.45) is 0 Å². The average molecular weight is 1220 g/mol. The van der Waals surface area contributed by atoms with Crippen LogP contribution in [0.15, 0.2) is 97.1 Å². The van der Waals surface area contributed by atoms with Gasteiger partial charge in [-0.3, -0.25) is 0 Å². The summed E-state index contributed by atoms with van der Waals surface area (Å²) in [5, 5.41) is 11.7. The molecule has 0 saturated heterocycles. The first-order valence-electron chi connectivity index (χ1n) is 28.0. The van der Waals surface area contributed by atoms with Gasteiger partial charge in [0.25, 0.3) is 0 Å². The summed E-state index contributed by atoms with van der Waals surface area (Å²) >= 11 is 3.48. The Bertz CT molecular complexity index is 2490. The number of unbranched alkanes of at least 4 members (excludes halogenated alkanes) is 8. The fourth-order valence-corrected chi connectivity index (χ4v) is 9.73. The van der Waals surface area contributed by atoms with Crippen LogP contribution in [0.25, 0.3) is 43.1 Å². The Labute approximate surface area is 496 Å². The standard InChI is InChI=1S/4C16H21.2C2H6Si.2ClH.2Zr/c4*1-4-5-6-7-14-9-8-13(3)15-10-12(2)11-16(14)15;2*1-3-2;;;;/h4*8-11H,4-7H2,1-3H3;2*1-2H3;2*1H;;/q4*-1;;;;;2*+2/p-2. The van der Waals surface area contributed by atoms with Crippen molar-refractivity contribution in [3.05, 3.63) is 164 Å². The van der Waals surface area contributed by atoms with Gasteiger partial charge in [0.2, 0.25) is 0 Å². The summed E-state index contributed by atoms with van der Waals surface area (Å²) < 4.78 is 0. The third kappa shape index (κ3) is 24.0. The van der Waals surface area contributed by atoms with Crippen LogP contribution in [-0.4, -0.2) is 10.9 Å². The van der Waals surface area contributed by atoms with E-state index in [-0.39, 0.29) is 35.7 Å². The number of rotatable bonds is 16. The molecule has 0 N–H and O–H groups in total. The summed E-state index contributed by atoms with van der Waals surface area (Å²) in [6.07, 6.45) is 20.8. The van der Waals surface area contributed by atoms with Gasteiger partial charge in [-0.25, -0.2) is 0 Å². The Balaban J connectivity index is 0.000000466. The number of aryl methyl sites for hydroxylation is 12. The maximum atomic E-state index is 2.34. The smallest absolute Gasteiger partial charge is 1.00 e. The van der Waals surface area contributed by atoms with Crippen LogP contribution in [0.4, 0.5) is 0 Å². The minimum absolute atomic E-state index is 0. The van der Waals surface area contributed by atoms with Crippen LogP contribution in [0.3, 0.4) is 0 Å². The monoisotopic (exact) mass is 1220 g/mol. The van der Waals surface area contributed by atoms with Gasteiger partial charge in [-0.15, -0.1) is 136 Å². The Morgan fingerprint density at radius 1 is 0.324 bits per heavy atom. The van der Waals surface area contributed by atoms with Crippen LogP contribution in [0.5, 0.6) is 0 Å². The molecule has 6 heteroatoms. The van der Waals surface area contributed by atoms with Gasteiger partial charge >= 0.3 is 83.7 Å². The second kappa shape index (κ2) is 37.8. The third-order valence-corrected chi connectivity index (χ3v) is 13.6. The van der Waals surface area contributed by atoms with E-state index >= 15 is 0 Å². The first kappa shape index (κ1) is 70.1. The molecule has 8 aromatic rings. The zero-order valence-electron chi connectivity index (χ0n) is 49.3. The average Bonchev–Trinajstić information content (AvgIpc) is 4.13. The summed E-state index contributed by atoms with van der Waals surface area (Å²) in [7, 11) is 0. The van der Waals surface area contributed by atoms with Gasteiger partial charge in [0.15, 0.2) is 0 Å².